The first kappa shape index (κ1) is 20.7. The van der Waals surface area contributed by atoms with Crippen molar-refractivity contribution in [3.8, 4) is 0 Å². The molecule has 0 radical (unpaired) electrons. The topological polar surface area (TPSA) is 9.23 Å². The van der Waals surface area contributed by atoms with E-state index in [0.717, 1.165) is 0 Å². The van der Waals surface area contributed by atoms with Gasteiger partial charge >= 0.3 is 18.2 Å². The molecule has 9 heteroatoms. The highest BCUT2D eigenvalue weighted by Crippen LogP contribution is 2.41. The number of alkyl halides is 7. The van der Waals surface area contributed by atoms with Crippen LogP contribution in [0.4, 0.5) is 30.7 Å². The van der Waals surface area contributed by atoms with E-state index in [2.05, 4.69) is 4.43 Å². The Hall–Kier alpha value is -0.313. The molecule has 0 rings (SSSR count). The molecular weight excluding hydrogens is 321 g/mol. The average molecular weight is 342 g/mol. The Morgan fingerprint density at radius 1 is 0.810 bits per heavy atom. The van der Waals surface area contributed by atoms with E-state index in [9.17, 15) is 30.7 Å². The summed E-state index contributed by atoms with van der Waals surface area (Å²) in [6.07, 6.45) is -12.2. The van der Waals surface area contributed by atoms with Gasteiger partial charge in [-0.25, -0.2) is 0 Å². The molecule has 0 bridgehead atoms. The lowest BCUT2D eigenvalue weighted by atomic mass is 10.1. The Morgan fingerprint density at radius 2 is 1.29 bits per heavy atom. The summed E-state index contributed by atoms with van der Waals surface area (Å²) < 4.78 is 93.7. The zero-order valence-electron chi connectivity index (χ0n) is 12.3. The highest BCUT2D eigenvalue weighted by molar-refractivity contribution is 6.71. The molecule has 0 heterocycles. The van der Waals surface area contributed by atoms with Crippen LogP contribution in [0.25, 0.3) is 0 Å². The largest absolute Gasteiger partial charge is 0.410 e. The summed E-state index contributed by atoms with van der Waals surface area (Å²) in [4.78, 5) is 0. The molecule has 0 aliphatic rings. The Morgan fingerprint density at radius 3 is 1.71 bits per heavy atom. The average Bonchev–Trinajstić information content (AvgIpc) is 2.25. The molecule has 0 saturated carbocycles. The zero-order valence-corrected chi connectivity index (χ0v) is 13.3. The van der Waals surface area contributed by atoms with E-state index >= 15 is 0 Å². The fourth-order valence-corrected chi connectivity index (χ4v) is 2.48. The van der Waals surface area contributed by atoms with E-state index in [1.165, 1.54) is 13.1 Å². The maximum Gasteiger partial charge on any atom is 0.410 e. The van der Waals surface area contributed by atoms with E-state index in [1.54, 1.807) is 6.92 Å². The van der Waals surface area contributed by atoms with Crippen molar-refractivity contribution < 1.29 is 35.2 Å². The minimum absolute atomic E-state index is 0.181. The van der Waals surface area contributed by atoms with E-state index in [1.807, 2.05) is 0 Å². The smallest absolute Gasteiger partial charge is 0.358 e. The van der Waals surface area contributed by atoms with Crippen LogP contribution in [-0.2, 0) is 4.43 Å². The van der Waals surface area contributed by atoms with Crippen molar-refractivity contribution in [3.63, 3.8) is 0 Å². The summed E-state index contributed by atoms with van der Waals surface area (Å²) in [7, 11) is -2.88. The molecule has 0 aromatic heterocycles. The predicted octanol–water partition coefficient (Wildman–Crippen LogP) is 5.97. The Balaban J connectivity index is 4.34. The van der Waals surface area contributed by atoms with Gasteiger partial charge < -0.3 is 4.43 Å². The van der Waals surface area contributed by atoms with Gasteiger partial charge in [0.1, 0.15) is 0 Å². The third kappa shape index (κ3) is 8.03. The molecule has 128 valence electrons. The van der Waals surface area contributed by atoms with Gasteiger partial charge in [-0.3, -0.25) is 0 Å². The summed E-state index contributed by atoms with van der Waals surface area (Å²) in [6, 6.07) is 0.254. The van der Waals surface area contributed by atoms with Gasteiger partial charge in [-0.05, 0) is 32.0 Å². The molecule has 0 saturated heterocycles. The molecule has 0 amide bonds. The van der Waals surface area contributed by atoms with Gasteiger partial charge in [-0.2, -0.15) is 30.7 Å². The number of rotatable bonds is 9. The third-order valence-corrected chi connectivity index (χ3v) is 5.64. The van der Waals surface area contributed by atoms with Crippen LogP contribution in [0, 0.1) is 0 Å². The SMILES string of the molecule is CC[Si](C)(C)OC(F)(F)C(F)(F)CCCCCC(F)(F)F. The number of unbranched alkanes of at least 4 members (excludes halogenated alkanes) is 2. The first-order valence-corrected chi connectivity index (χ1v) is 9.86. The molecule has 0 aromatic carbocycles. The second-order valence-electron chi connectivity index (χ2n) is 5.61. The molecule has 0 N–H and O–H groups in total. The van der Waals surface area contributed by atoms with Crippen LogP contribution in [-0.4, -0.2) is 26.5 Å². The van der Waals surface area contributed by atoms with Gasteiger partial charge in [0.2, 0.25) is 0 Å². The predicted molar refractivity (Wildman–Crippen MR) is 68.1 cm³/mol. The minimum atomic E-state index is -4.58. The van der Waals surface area contributed by atoms with Crippen LogP contribution in [0.3, 0.4) is 0 Å². The minimum Gasteiger partial charge on any atom is -0.358 e. The molecular formula is C12H21F7OSi. The summed E-state index contributed by atoms with van der Waals surface area (Å²) >= 11 is 0. The standard InChI is InChI=1S/C12H21F7OSi/c1-4-21(2,3)20-12(18,19)10(13,14)8-6-5-7-9-11(15,16)17/h4-9H2,1-3H3. The maximum absolute atomic E-state index is 13.5. The quantitative estimate of drug-likeness (QED) is 0.285. The van der Waals surface area contributed by atoms with Crippen molar-refractivity contribution in [1.82, 2.24) is 0 Å². The fraction of sp³-hybridized carbons (Fsp3) is 1.00. The van der Waals surface area contributed by atoms with Crippen molar-refractivity contribution in [2.45, 2.75) is 76.4 Å². The van der Waals surface area contributed by atoms with Crippen molar-refractivity contribution >= 4 is 8.32 Å². The zero-order chi connectivity index (χ0) is 16.9. The molecule has 0 fully saturated rings. The summed E-state index contributed by atoms with van der Waals surface area (Å²) in [5.41, 5.74) is 0. The van der Waals surface area contributed by atoms with Crippen molar-refractivity contribution in [2.24, 2.45) is 0 Å². The lowest BCUT2D eigenvalue weighted by Crippen LogP contribution is -2.49. The molecule has 0 unspecified atom stereocenters. The van der Waals surface area contributed by atoms with E-state index in [-0.39, 0.29) is 18.9 Å². The van der Waals surface area contributed by atoms with E-state index in [0.29, 0.717) is 0 Å². The number of hydrogen-bond donors (Lipinski definition) is 0. The molecule has 0 aliphatic heterocycles. The van der Waals surface area contributed by atoms with Gasteiger partial charge in [0.25, 0.3) is 0 Å². The Bertz CT molecular complexity index is 315. The van der Waals surface area contributed by atoms with E-state index < -0.39 is 45.8 Å². The highest BCUT2D eigenvalue weighted by atomic mass is 28.4. The molecule has 0 aromatic rings. The number of halogens is 7. The van der Waals surface area contributed by atoms with Crippen LogP contribution >= 0.6 is 0 Å². The molecule has 1 nitrogen and oxygen atoms in total. The Labute approximate surface area is 121 Å². The summed E-state index contributed by atoms with van der Waals surface area (Å²) in [5, 5.41) is 0. The van der Waals surface area contributed by atoms with Crippen LogP contribution < -0.4 is 0 Å². The fourth-order valence-electron chi connectivity index (χ4n) is 1.49. The first-order chi connectivity index (χ1) is 9.22. The van der Waals surface area contributed by atoms with Crippen LogP contribution in [0.2, 0.25) is 19.1 Å². The van der Waals surface area contributed by atoms with Crippen LogP contribution in [0.15, 0.2) is 0 Å². The second-order valence-corrected chi connectivity index (χ2v) is 10.0. The number of hydrogen-bond acceptors (Lipinski definition) is 1. The molecule has 0 spiro atoms. The van der Waals surface area contributed by atoms with Crippen molar-refractivity contribution in [2.75, 3.05) is 0 Å². The van der Waals surface area contributed by atoms with Gasteiger partial charge in [-0.1, -0.05) is 13.3 Å². The summed E-state index contributed by atoms with van der Waals surface area (Å²) in [6.45, 7) is 4.39. The lowest BCUT2D eigenvalue weighted by molar-refractivity contribution is -0.316. The van der Waals surface area contributed by atoms with Crippen molar-refractivity contribution in [1.29, 1.82) is 0 Å². The monoisotopic (exact) mass is 342 g/mol. The van der Waals surface area contributed by atoms with Gasteiger partial charge in [0, 0.05) is 12.8 Å². The van der Waals surface area contributed by atoms with E-state index in [4.69, 9.17) is 0 Å². The highest BCUT2D eigenvalue weighted by Gasteiger charge is 2.58. The summed E-state index contributed by atoms with van der Waals surface area (Å²) in [5.74, 6) is -4.37. The van der Waals surface area contributed by atoms with Gasteiger partial charge in [-0.15, -0.1) is 0 Å². The third-order valence-electron chi connectivity index (χ3n) is 3.13. The maximum atomic E-state index is 13.5. The normalized spacial score (nSPS) is 14.6. The Kier molecular flexibility index (Phi) is 7.19. The van der Waals surface area contributed by atoms with Gasteiger partial charge in [0.15, 0.2) is 8.32 Å². The van der Waals surface area contributed by atoms with Crippen LogP contribution in [0.1, 0.15) is 39.0 Å². The first-order valence-electron chi connectivity index (χ1n) is 6.75. The molecule has 21 heavy (non-hydrogen) atoms. The molecule has 0 atom stereocenters. The van der Waals surface area contributed by atoms with Gasteiger partial charge in [0.05, 0.1) is 0 Å². The molecule has 0 aliphatic carbocycles. The second kappa shape index (κ2) is 7.30. The van der Waals surface area contributed by atoms with Crippen LogP contribution in [0.5, 0.6) is 0 Å². The van der Waals surface area contributed by atoms with Crippen molar-refractivity contribution in [3.05, 3.63) is 0 Å². The lowest BCUT2D eigenvalue weighted by Gasteiger charge is -2.33.